The predicted octanol–water partition coefficient (Wildman–Crippen LogP) is 5.89. The first kappa shape index (κ1) is 12.8. The lowest BCUT2D eigenvalue weighted by atomic mass is 10.0. The summed E-state index contributed by atoms with van der Waals surface area (Å²) in [6.07, 6.45) is 0. The summed E-state index contributed by atoms with van der Waals surface area (Å²) in [4.78, 5) is 0. The molecule has 1 aromatic heterocycles. The van der Waals surface area contributed by atoms with E-state index in [4.69, 9.17) is 4.42 Å². The number of fused-ring (bicyclic) bond motifs is 6. The minimum absolute atomic E-state index is 0.950. The zero-order chi connectivity index (χ0) is 15.8. The first-order valence-electron chi connectivity index (χ1n) is 8.09. The molecule has 0 saturated heterocycles. The Labute approximate surface area is 141 Å². The summed E-state index contributed by atoms with van der Waals surface area (Å²) in [5, 5.41) is 6.28. The molecule has 4 aromatic carbocycles. The molecule has 1 heterocycles. The van der Waals surface area contributed by atoms with Crippen molar-refractivity contribution >= 4 is 47.3 Å². The van der Waals surface area contributed by atoms with E-state index in [1.54, 1.807) is 0 Å². The molecule has 24 heavy (non-hydrogen) atoms. The molecule has 0 bridgehead atoms. The molecule has 6 rings (SSSR count). The second-order valence-electron chi connectivity index (χ2n) is 6.39. The molecule has 0 aliphatic heterocycles. The van der Waals surface area contributed by atoms with Crippen molar-refractivity contribution in [1.29, 1.82) is 0 Å². The Balaban J connectivity index is 1.88. The third kappa shape index (κ3) is 1.40. The van der Waals surface area contributed by atoms with Gasteiger partial charge in [-0.05, 0) is 50.5 Å². The van der Waals surface area contributed by atoms with Gasteiger partial charge in [0.05, 0.1) is 0 Å². The van der Waals surface area contributed by atoms with Crippen LogP contribution in [0, 0.1) is 0 Å². The summed E-state index contributed by atoms with van der Waals surface area (Å²) < 4.78 is 6.14. The Morgan fingerprint density at radius 3 is 2.33 bits per heavy atom. The third-order valence-corrected chi connectivity index (χ3v) is 5.75. The fraction of sp³-hybridized carbons (Fsp3) is 0. The average molecular weight is 324 g/mol. The van der Waals surface area contributed by atoms with Crippen LogP contribution in [-0.4, -0.2) is 0 Å². The van der Waals surface area contributed by atoms with Gasteiger partial charge in [-0.2, -0.15) is 0 Å². The van der Waals surface area contributed by atoms with Gasteiger partial charge in [0.1, 0.15) is 11.2 Å². The first-order chi connectivity index (χ1) is 11.8. The van der Waals surface area contributed by atoms with Crippen LogP contribution in [0.5, 0.6) is 0 Å². The van der Waals surface area contributed by atoms with E-state index in [1.165, 1.54) is 49.1 Å². The van der Waals surface area contributed by atoms with Crippen LogP contribution in [0.4, 0.5) is 0 Å². The summed E-state index contributed by atoms with van der Waals surface area (Å²) in [5.41, 5.74) is 7.15. The van der Waals surface area contributed by atoms with Gasteiger partial charge in [0.2, 0.25) is 0 Å². The summed E-state index contributed by atoms with van der Waals surface area (Å²) in [7, 11) is 2.97. The Morgan fingerprint density at radius 2 is 1.46 bits per heavy atom. The van der Waals surface area contributed by atoms with Gasteiger partial charge >= 0.3 is 0 Å². The molecule has 1 aliphatic carbocycles. The normalized spacial score (nSPS) is 12.4. The molecule has 0 amide bonds. The summed E-state index contributed by atoms with van der Waals surface area (Å²) in [6, 6.07) is 23.6. The van der Waals surface area contributed by atoms with E-state index in [9.17, 15) is 0 Å². The molecule has 1 unspecified atom stereocenters. The highest BCUT2D eigenvalue weighted by atomic mass is 31.0. The number of hydrogen-bond acceptors (Lipinski definition) is 1. The molecule has 1 aliphatic rings. The average Bonchev–Trinajstić information content (AvgIpc) is 3.14. The van der Waals surface area contributed by atoms with Crippen molar-refractivity contribution in [3.8, 4) is 22.3 Å². The highest BCUT2D eigenvalue weighted by Gasteiger charge is 2.25. The molecule has 1 nitrogen and oxygen atoms in total. The molecule has 0 spiro atoms. The Kier molecular flexibility index (Phi) is 2.26. The molecule has 0 saturated carbocycles. The molecule has 1 atom stereocenters. The fourth-order valence-electron chi connectivity index (χ4n) is 4.19. The Bertz CT molecular complexity index is 1310. The van der Waals surface area contributed by atoms with Crippen LogP contribution in [0.25, 0.3) is 55.0 Å². The molecular weight excluding hydrogens is 311 g/mol. The molecular formula is C22H13OP. The maximum Gasteiger partial charge on any atom is 0.136 e. The topological polar surface area (TPSA) is 13.1 Å². The summed E-state index contributed by atoms with van der Waals surface area (Å²) in [6.45, 7) is 0. The van der Waals surface area contributed by atoms with Gasteiger partial charge in [0.15, 0.2) is 0 Å². The van der Waals surface area contributed by atoms with Gasteiger partial charge in [-0.3, -0.25) is 0 Å². The standard InChI is InChI=1S/C22H13OP/c24-22-20-15-9-4-6-12-5-3-8-13(19(12)15)16(20)11-18-21(22)14-7-1-2-10-17(14)23-18/h1-11H,24H2. The van der Waals surface area contributed by atoms with E-state index < -0.39 is 0 Å². The minimum Gasteiger partial charge on any atom is -0.456 e. The van der Waals surface area contributed by atoms with E-state index in [1.807, 2.05) is 12.1 Å². The number of benzene rings is 4. The van der Waals surface area contributed by atoms with Gasteiger partial charge in [0.25, 0.3) is 0 Å². The van der Waals surface area contributed by atoms with Crippen molar-refractivity contribution in [3.63, 3.8) is 0 Å². The quantitative estimate of drug-likeness (QED) is 0.318. The van der Waals surface area contributed by atoms with Crippen LogP contribution in [0.3, 0.4) is 0 Å². The van der Waals surface area contributed by atoms with Gasteiger partial charge < -0.3 is 4.42 Å². The van der Waals surface area contributed by atoms with Gasteiger partial charge in [-0.15, -0.1) is 9.24 Å². The number of para-hydroxylation sites is 1. The van der Waals surface area contributed by atoms with Crippen LogP contribution >= 0.6 is 9.24 Å². The van der Waals surface area contributed by atoms with Crippen molar-refractivity contribution in [2.75, 3.05) is 0 Å². The lowest BCUT2D eigenvalue weighted by Gasteiger charge is -2.07. The number of hydrogen-bond donors (Lipinski definition) is 0. The van der Waals surface area contributed by atoms with Crippen LogP contribution < -0.4 is 5.30 Å². The first-order valence-corrected chi connectivity index (χ1v) is 8.67. The molecule has 0 fully saturated rings. The minimum atomic E-state index is 0.950. The van der Waals surface area contributed by atoms with Crippen LogP contribution in [-0.2, 0) is 0 Å². The molecule has 5 aromatic rings. The van der Waals surface area contributed by atoms with Crippen LogP contribution in [0.15, 0.2) is 71.1 Å². The summed E-state index contributed by atoms with van der Waals surface area (Å²) in [5.74, 6) is 0. The van der Waals surface area contributed by atoms with Crippen molar-refractivity contribution in [2.24, 2.45) is 0 Å². The lowest BCUT2D eigenvalue weighted by Crippen LogP contribution is -1.98. The molecule has 112 valence electrons. The molecule has 0 N–H and O–H groups in total. The fourth-order valence-corrected chi connectivity index (χ4v) is 4.80. The van der Waals surface area contributed by atoms with Crippen molar-refractivity contribution < 1.29 is 4.42 Å². The third-order valence-electron chi connectivity index (χ3n) is 5.17. The zero-order valence-corrected chi connectivity index (χ0v) is 14.0. The molecule has 0 radical (unpaired) electrons. The summed E-state index contributed by atoms with van der Waals surface area (Å²) >= 11 is 0. The molecule has 2 heteroatoms. The van der Waals surface area contributed by atoms with E-state index in [-0.39, 0.29) is 0 Å². The second-order valence-corrected chi connectivity index (χ2v) is 6.97. The van der Waals surface area contributed by atoms with Gasteiger partial charge in [0, 0.05) is 10.8 Å². The second kappa shape index (κ2) is 4.26. The predicted molar refractivity (Wildman–Crippen MR) is 105 cm³/mol. The van der Waals surface area contributed by atoms with E-state index in [2.05, 4.69) is 63.8 Å². The maximum absolute atomic E-state index is 6.14. The van der Waals surface area contributed by atoms with Crippen molar-refractivity contribution in [3.05, 3.63) is 66.7 Å². The Morgan fingerprint density at radius 1 is 0.667 bits per heavy atom. The van der Waals surface area contributed by atoms with Crippen molar-refractivity contribution in [2.45, 2.75) is 0 Å². The largest absolute Gasteiger partial charge is 0.456 e. The van der Waals surface area contributed by atoms with Gasteiger partial charge in [-0.25, -0.2) is 0 Å². The highest BCUT2D eigenvalue weighted by molar-refractivity contribution is 7.29. The Hall–Kier alpha value is -2.63. The van der Waals surface area contributed by atoms with Gasteiger partial charge in [-0.1, -0.05) is 54.6 Å². The van der Waals surface area contributed by atoms with E-state index in [0.717, 1.165) is 11.2 Å². The highest BCUT2D eigenvalue weighted by Crippen LogP contribution is 2.49. The van der Waals surface area contributed by atoms with Crippen LogP contribution in [0.1, 0.15) is 0 Å². The lowest BCUT2D eigenvalue weighted by molar-refractivity contribution is 0.669. The smallest absolute Gasteiger partial charge is 0.136 e. The monoisotopic (exact) mass is 324 g/mol. The maximum atomic E-state index is 6.14. The van der Waals surface area contributed by atoms with E-state index >= 15 is 0 Å². The van der Waals surface area contributed by atoms with Crippen LogP contribution in [0.2, 0.25) is 0 Å². The zero-order valence-electron chi connectivity index (χ0n) is 12.8. The number of furan rings is 1. The van der Waals surface area contributed by atoms with Crippen molar-refractivity contribution in [1.82, 2.24) is 0 Å². The SMILES string of the molecule is Pc1c2c(cc3oc4ccccc4c13)-c1cccc3cccc-2c13. The number of rotatable bonds is 0. The van der Waals surface area contributed by atoms with E-state index in [0.29, 0.717) is 0 Å².